The first-order valence-electron chi connectivity index (χ1n) is 9.22. The van der Waals surface area contributed by atoms with Crippen molar-refractivity contribution in [1.29, 1.82) is 0 Å². The molecule has 1 aliphatic heterocycles. The van der Waals surface area contributed by atoms with Crippen molar-refractivity contribution in [2.75, 3.05) is 26.7 Å². The molecule has 2 rings (SSSR count). The number of rotatable bonds is 6. The van der Waals surface area contributed by atoms with Crippen molar-refractivity contribution in [3.63, 3.8) is 0 Å². The fourth-order valence-electron chi connectivity index (χ4n) is 3.41. The van der Waals surface area contributed by atoms with Gasteiger partial charge in [-0.2, -0.15) is 0 Å². The van der Waals surface area contributed by atoms with Crippen molar-refractivity contribution in [2.45, 2.75) is 57.8 Å². The Morgan fingerprint density at radius 1 is 1.21 bits per heavy atom. The number of hydrogen-bond acceptors (Lipinski definition) is 3. The smallest absolute Gasteiger partial charge is 0.223 e. The van der Waals surface area contributed by atoms with E-state index in [2.05, 4.69) is 26.0 Å². The topological polar surface area (TPSA) is 55.6 Å². The lowest BCUT2D eigenvalue weighted by molar-refractivity contribution is -0.131. The van der Waals surface area contributed by atoms with Crippen LogP contribution in [0.5, 0.6) is 5.75 Å². The van der Waals surface area contributed by atoms with Gasteiger partial charge >= 0.3 is 0 Å². The third-order valence-electron chi connectivity index (χ3n) is 5.02. The zero-order valence-corrected chi connectivity index (χ0v) is 15.4. The van der Waals surface area contributed by atoms with Crippen molar-refractivity contribution in [1.82, 2.24) is 4.90 Å². The summed E-state index contributed by atoms with van der Waals surface area (Å²) >= 11 is 0. The first kappa shape index (κ1) is 18.8. The average molecular weight is 332 g/mol. The quantitative estimate of drug-likeness (QED) is 0.865. The van der Waals surface area contributed by atoms with Gasteiger partial charge in [-0.15, -0.1) is 0 Å². The lowest BCUT2D eigenvalue weighted by Gasteiger charge is -2.25. The molecule has 0 aromatic heterocycles. The Morgan fingerprint density at radius 3 is 2.42 bits per heavy atom. The van der Waals surface area contributed by atoms with Crippen LogP contribution >= 0.6 is 0 Å². The largest absolute Gasteiger partial charge is 0.496 e. The van der Waals surface area contributed by atoms with Gasteiger partial charge in [0.2, 0.25) is 5.91 Å². The van der Waals surface area contributed by atoms with Crippen LogP contribution in [-0.2, 0) is 4.79 Å². The van der Waals surface area contributed by atoms with Crippen LogP contribution in [0.4, 0.5) is 0 Å². The van der Waals surface area contributed by atoms with E-state index in [1.54, 1.807) is 7.11 Å². The molecule has 134 valence electrons. The summed E-state index contributed by atoms with van der Waals surface area (Å²) in [5.41, 5.74) is 8.36. The highest BCUT2D eigenvalue weighted by Gasteiger charge is 2.23. The fraction of sp³-hybridized carbons (Fsp3) is 0.650. The number of amides is 1. The number of ether oxygens (including phenoxy) is 1. The molecule has 1 fully saturated rings. The Kier molecular flexibility index (Phi) is 7.10. The summed E-state index contributed by atoms with van der Waals surface area (Å²) in [5, 5.41) is 0. The monoisotopic (exact) mass is 332 g/mol. The zero-order chi connectivity index (χ0) is 17.5. The lowest BCUT2D eigenvalue weighted by Crippen LogP contribution is -2.34. The number of methoxy groups -OCH3 is 1. The zero-order valence-electron chi connectivity index (χ0n) is 15.4. The Labute approximate surface area is 146 Å². The summed E-state index contributed by atoms with van der Waals surface area (Å²) in [4.78, 5) is 14.8. The van der Waals surface area contributed by atoms with Crippen LogP contribution in [0.25, 0.3) is 0 Å². The van der Waals surface area contributed by atoms with Gasteiger partial charge in [-0.25, -0.2) is 0 Å². The maximum absolute atomic E-state index is 12.7. The molecule has 24 heavy (non-hydrogen) atoms. The van der Waals surface area contributed by atoms with Gasteiger partial charge in [0.25, 0.3) is 0 Å². The number of hydrogen-bond donors (Lipinski definition) is 1. The summed E-state index contributed by atoms with van der Waals surface area (Å²) < 4.78 is 5.53. The van der Waals surface area contributed by atoms with Gasteiger partial charge in [0.1, 0.15) is 5.75 Å². The molecule has 1 saturated heterocycles. The van der Waals surface area contributed by atoms with Gasteiger partial charge in [0.05, 0.1) is 7.11 Å². The van der Waals surface area contributed by atoms with Crippen LogP contribution in [-0.4, -0.2) is 37.6 Å². The minimum absolute atomic E-state index is 0.00871. The van der Waals surface area contributed by atoms with E-state index in [1.807, 2.05) is 11.0 Å². The van der Waals surface area contributed by atoms with Crippen molar-refractivity contribution in [3.05, 3.63) is 29.3 Å². The molecule has 0 radical (unpaired) electrons. The third kappa shape index (κ3) is 4.73. The molecule has 0 aliphatic carbocycles. The number of nitrogens with two attached hydrogens (primary N) is 1. The Hall–Kier alpha value is -1.55. The van der Waals surface area contributed by atoms with Gasteiger partial charge in [0, 0.05) is 25.4 Å². The number of likely N-dealkylation sites (tertiary alicyclic amines) is 1. The molecular formula is C20H32N2O2. The van der Waals surface area contributed by atoms with Crippen molar-refractivity contribution < 1.29 is 9.53 Å². The van der Waals surface area contributed by atoms with Gasteiger partial charge in [0.15, 0.2) is 0 Å². The highest BCUT2D eigenvalue weighted by atomic mass is 16.5. The number of nitrogens with zero attached hydrogens (tertiary/aromatic N) is 1. The SMILES string of the molecule is COc1ccc(C(C)C)cc1C(CN)CC(=O)N1CCCCCC1. The van der Waals surface area contributed by atoms with Crippen molar-refractivity contribution >= 4 is 5.91 Å². The van der Waals surface area contributed by atoms with E-state index in [9.17, 15) is 4.79 Å². The molecule has 1 atom stereocenters. The Balaban J connectivity index is 2.17. The molecule has 1 unspecified atom stereocenters. The predicted molar refractivity (Wildman–Crippen MR) is 98.5 cm³/mol. The van der Waals surface area contributed by atoms with E-state index < -0.39 is 0 Å². The van der Waals surface area contributed by atoms with E-state index in [-0.39, 0.29) is 11.8 Å². The van der Waals surface area contributed by atoms with E-state index >= 15 is 0 Å². The summed E-state index contributed by atoms with van der Waals surface area (Å²) in [7, 11) is 1.68. The second kappa shape index (κ2) is 9.07. The highest BCUT2D eigenvalue weighted by molar-refractivity contribution is 5.77. The summed E-state index contributed by atoms with van der Waals surface area (Å²) in [6, 6.07) is 6.26. The van der Waals surface area contributed by atoms with Gasteiger partial charge in [-0.3, -0.25) is 4.79 Å². The third-order valence-corrected chi connectivity index (χ3v) is 5.02. The first-order valence-corrected chi connectivity index (χ1v) is 9.22. The van der Waals surface area contributed by atoms with E-state index in [0.29, 0.717) is 18.9 Å². The van der Waals surface area contributed by atoms with Gasteiger partial charge in [-0.05, 0) is 42.5 Å². The van der Waals surface area contributed by atoms with Gasteiger partial charge < -0.3 is 15.4 Å². The first-order chi connectivity index (χ1) is 11.6. The van der Waals surface area contributed by atoms with Crippen LogP contribution < -0.4 is 10.5 Å². The lowest BCUT2D eigenvalue weighted by atomic mass is 9.90. The second-order valence-electron chi connectivity index (χ2n) is 7.09. The molecule has 4 heteroatoms. The van der Waals surface area contributed by atoms with Crippen LogP contribution in [0.3, 0.4) is 0 Å². The highest BCUT2D eigenvalue weighted by Crippen LogP contribution is 2.32. The molecule has 0 spiro atoms. The molecule has 1 amide bonds. The molecule has 1 aliphatic rings. The van der Waals surface area contributed by atoms with Crippen LogP contribution in [0.15, 0.2) is 18.2 Å². The van der Waals surface area contributed by atoms with E-state index in [4.69, 9.17) is 10.5 Å². The van der Waals surface area contributed by atoms with Crippen molar-refractivity contribution in [3.8, 4) is 5.75 Å². The normalized spacial score (nSPS) is 16.8. The van der Waals surface area contributed by atoms with Crippen LogP contribution in [0.1, 0.15) is 68.9 Å². The molecule has 2 N–H and O–H groups in total. The van der Waals surface area contributed by atoms with Crippen molar-refractivity contribution in [2.24, 2.45) is 5.73 Å². The van der Waals surface area contributed by atoms with Gasteiger partial charge in [-0.1, -0.05) is 38.8 Å². The molecular weight excluding hydrogens is 300 g/mol. The summed E-state index contributed by atoms with van der Waals surface area (Å²) in [6.07, 6.45) is 5.16. The molecule has 1 aromatic rings. The van der Waals surface area contributed by atoms with E-state index in [1.165, 1.54) is 18.4 Å². The Bertz CT molecular complexity index is 534. The minimum atomic E-state index is 0.00871. The molecule has 4 nitrogen and oxygen atoms in total. The number of benzene rings is 1. The maximum atomic E-state index is 12.7. The molecule has 0 bridgehead atoms. The van der Waals surface area contributed by atoms with Crippen LogP contribution in [0.2, 0.25) is 0 Å². The molecule has 1 aromatic carbocycles. The minimum Gasteiger partial charge on any atom is -0.496 e. The summed E-state index contributed by atoms with van der Waals surface area (Å²) in [5.74, 6) is 1.51. The predicted octanol–water partition coefficient (Wildman–Crippen LogP) is 3.65. The number of carbonyl (C=O) groups is 1. The fourth-order valence-corrected chi connectivity index (χ4v) is 3.41. The average Bonchev–Trinajstić information content (AvgIpc) is 2.88. The molecule has 0 saturated carbocycles. The Morgan fingerprint density at radius 2 is 1.88 bits per heavy atom. The second-order valence-corrected chi connectivity index (χ2v) is 7.09. The molecule has 1 heterocycles. The number of carbonyl (C=O) groups excluding carboxylic acids is 1. The van der Waals surface area contributed by atoms with Crippen LogP contribution in [0, 0.1) is 0 Å². The standard InChI is InChI=1S/C20H32N2O2/c1-15(2)16-8-9-19(24-3)18(12-16)17(14-21)13-20(23)22-10-6-4-5-7-11-22/h8-9,12,15,17H,4-7,10-11,13-14,21H2,1-3H3. The maximum Gasteiger partial charge on any atom is 0.223 e. The van der Waals surface area contributed by atoms with E-state index in [0.717, 1.165) is 37.2 Å². The summed E-state index contributed by atoms with van der Waals surface area (Å²) in [6.45, 7) is 6.58.